The second-order valence-electron chi connectivity index (χ2n) is 7.14. The van der Waals surface area contributed by atoms with Gasteiger partial charge in [-0.2, -0.15) is 0 Å². The maximum absolute atomic E-state index is 5.89. The van der Waals surface area contributed by atoms with Gasteiger partial charge < -0.3 is 14.4 Å². The Labute approximate surface area is 142 Å². The van der Waals surface area contributed by atoms with Crippen molar-refractivity contribution >= 4 is 16.9 Å². The summed E-state index contributed by atoms with van der Waals surface area (Å²) < 4.78 is 11.0. The molecular weight excluding hydrogens is 304 g/mol. The van der Waals surface area contributed by atoms with Crippen LogP contribution in [0.1, 0.15) is 19.3 Å². The van der Waals surface area contributed by atoms with Crippen LogP contribution in [0.4, 0.5) is 5.95 Å². The number of hydrogen-bond acceptors (Lipinski definition) is 6. The van der Waals surface area contributed by atoms with E-state index in [4.69, 9.17) is 14.5 Å². The number of aromatic nitrogens is 3. The van der Waals surface area contributed by atoms with Crippen molar-refractivity contribution in [2.45, 2.75) is 19.3 Å². The van der Waals surface area contributed by atoms with Crippen molar-refractivity contribution in [3.63, 3.8) is 0 Å². The second-order valence-corrected chi connectivity index (χ2v) is 7.14. The molecule has 2 aromatic heterocycles. The quantitative estimate of drug-likeness (QED) is 0.758. The molecule has 0 aromatic carbocycles. The van der Waals surface area contributed by atoms with E-state index in [-0.39, 0.29) is 5.41 Å². The van der Waals surface area contributed by atoms with Gasteiger partial charge in [-0.1, -0.05) is 0 Å². The van der Waals surface area contributed by atoms with Crippen LogP contribution in [0.3, 0.4) is 0 Å². The molecule has 0 N–H and O–H groups in total. The van der Waals surface area contributed by atoms with Crippen molar-refractivity contribution in [2.24, 2.45) is 11.3 Å². The van der Waals surface area contributed by atoms with Crippen LogP contribution in [0.25, 0.3) is 10.9 Å². The van der Waals surface area contributed by atoms with Crippen LogP contribution >= 0.6 is 0 Å². The zero-order valence-electron chi connectivity index (χ0n) is 14.1. The minimum Gasteiger partial charge on any atom is -0.382 e. The molecule has 3 heterocycles. The molecule has 1 aliphatic carbocycles. The lowest BCUT2D eigenvalue weighted by Gasteiger charge is -2.40. The maximum Gasteiger partial charge on any atom is 0.225 e. The minimum absolute atomic E-state index is 0.243. The summed E-state index contributed by atoms with van der Waals surface area (Å²) in [6.45, 7) is 4.16. The summed E-state index contributed by atoms with van der Waals surface area (Å²) in [5, 5.41) is 0.985. The molecule has 0 amide bonds. The van der Waals surface area contributed by atoms with E-state index in [0.717, 1.165) is 42.5 Å². The largest absolute Gasteiger partial charge is 0.382 e. The van der Waals surface area contributed by atoms with E-state index in [1.54, 1.807) is 13.3 Å². The topological polar surface area (TPSA) is 60.4 Å². The van der Waals surface area contributed by atoms with Gasteiger partial charge in [-0.3, -0.25) is 4.98 Å². The Balaban J connectivity index is 1.51. The molecule has 0 radical (unpaired) electrons. The van der Waals surface area contributed by atoms with Crippen LogP contribution in [0.15, 0.2) is 24.7 Å². The number of piperidine rings is 1. The van der Waals surface area contributed by atoms with Gasteiger partial charge in [0.25, 0.3) is 0 Å². The first kappa shape index (κ1) is 15.7. The fourth-order valence-corrected chi connectivity index (χ4v) is 4.18. The lowest BCUT2D eigenvalue weighted by Crippen LogP contribution is -2.46. The number of rotatable bonds is 6. The Kier molecular flexibility index (Phi) is 4.33. The third-order valence-corrected chi connectivity index (χ3v) is 5.30. The zero-order valence-corrected chi connectivity index (χ0v) is 14.1. The number of anilines is 1. The third-order valence-electron chi connectivity index (χ3n) is 5.30. The van der Waals surface area contributed by atoms with Crippen molar-refractivity contribution in [3.05, 3.63) is 24.7 Å². The molecule has 2 fully saturated rings. The first-order valence-corrected chi connectivity index (χ1v) is 8.66. The number of nitrogens with zero attached hydrogens (tertiary/aromatic N) is 4. The lowest BCUT2D eigenvalue weighted by atomic mass is 9.83. The van der Waals surface area contributed by atoms with Crippen LogP contribution in [-0.2, 0) is 9.47 Å². The van der Waals surface area contributed by atoms with Gasteiger partial charge in [0.2, 0.25) is 5.95 Å². The number of ether oxygens (including phenoxy) is 2. The normalized spacial score (nSPS) is 26.2. The summed E-state index contributed by atoms with van der Waals surface area (Å²) >= 11 is 0. The summed E-state index contributed by atoms with van der Waals surface area (Å²) in [6.07, 6.45) is 9.24. The Morgan fingerprint density at radius 1 is 1.33 bits per heavy atom. The van der Waals surface area contributed by atoms with E-state index >= 15 is 0 Å². The summed E-state index contributed by atoms with van der Waals surface area (Å²) in [6, 6.07) is 1.95. The van der Waals surface area contributed by atoms with Gasteiger partial charge in [0.15, 0.2) is 0 Å². The van der Waals surface area contributed by atoms with Crippen molar-refractivity contribution in [2.75, 3.05) is 44.9 Å². The van der Waals surface area contributed by atoms with Crippen LogP contribution < -0.4 is 4.90 Å². The van der Waals surface area contributed by atoms with Crippen LogP contribution in [0.2, 0.25) is 0 Å². The van der Waals surface area contributed by atoms with Gasteiger partial charge in [-0.05, 0) is 31.2 Å². The summed E-state index contributed by atoms with van der Waals surface area (Å²) in [7, 11) is 1.71. The number of methoxy groups -OCH3 is 1. The Bertz CT molecular complexity index is 710. The third kappa shape index (κ3) is 3.08. The highest BCUT2D eigenvalue weighted by Gasteiger charge is 2.45. The number of fused-ring (bicyclic) bond motifs is 3. The maximum atomic E-state index is 5.89. The molecule has 4 rings (SSSR count). The van der Waals surface area contributed by atoms with E-state index < -0.39 is 0 Å². The average Bonchev–Trinajstić information content (AvgIpc) is 2.93. The molecule has 6 nitrogen and oxygen atoms in total. The molecule has 2 aromatic rings. The first-order valence-electron chi connectivity index (χ1n) is 8.66. The monoisotopic (exact) mass is 328 g/mol. The van der Waals surface area contributed by atoms with Crippen molar-refractivity contribution < 1.29 is 9.47 Å². The molecule has 2 atom stereocenters. The molecule has 1 aliphatic heterocycles. The van der Waals surface area contributed by atoms with Gasteiger partial charge in [-0.15, -0.1) is 0 Å². The van der Waals surface area contributed by atoms with Crippen molar-refractivity contribution in [1.29, 1.82) is 0 Å². The fraction of sp³-hybridized carbons (Fsp3) is 0.611. The predicted octanol–water partition coefficient (Wildman–Crippen LogP) is 2.29. The van der Waals surface area contributed by atoms with Gasteiger partial charge >= 0.3 is 0 Å². The highest BCUT2D eigenvalue weighted by Crippen LogP contribution is 2.47. The second kappa shape index (κ2) is 6.61. The van der Waals surface area contributed by atoms with E-state index in [1.165, 1.54) is 19.3 Å². The fourth-order valence-electron chi connectivity index (χ4n) is 4.18. The Morgan fingerprint density at radius 3 is 3.21 bits per heavy atom. The summed E-state index contributed by atoms with van der Waals surface area (Å²) in [5.41, 5.74) is 1.20. The summed E-state index contributed by atoms with van der Waals surface area (Å²) in [5.74, 6) is 1.56. The predicted molar refractivity (Wildman–Crippen MR) is 92.0 cm³/mol. The van der Waals surface area contributed by atoms with E-state index in [0.29, 0.717) is 13.2 Å². The van der Waals surface area contributed by atoms with Crippen LogP contribution in [0, 0.1) is 11.3 Å². The first-order chi connectivity index (χ1) is 11.8. The SMILES string of the molecule is COCCOCC12CCC(CN(c3ncc4cnccc4n3)C1)C2. The molecule has 0 spiro atoms. The smallest absolute Gasteiger partial charge is 0.225 e. The average molecular weight is 328 g/mol. The highest BCUT2D eigenvalue weighted by molar-refractivity contribution is 5.77. The molecule has 1 saturated heterocycles. The minimum atomic E-state index is 0.243. The van der Waals surface area contributed by atoms with Gasteiger partial charge in [-0.25, -0.2) is 9.97 Å². The molecular formula is C18H24N4O2. The Hall–Kier alpha value is -1.79. The molecule has 2 aliphatic rings. The lowest BCUT2D eigenvalue weighted by molar-refractivity contribution is 0.0146. The molecule has 24 heavy (non-hydrogen) atoms. The van der Waals surface area contributed by atoms with Gasteiger partial charge in [0.05, 0.1) is 25.3 Å². The van der Waals surface area contributed by atoms with E-state index in [2.05, 4.69) is 14.9 Å². The number of hydrogen-bond donors (Lipinski definition) is 0. The molecule has 1 saturated carbocycles. The van der Waals surface area contributed by atoms with Crippen LogP contribution in [0.5, 0.6) is 0 Å². The van der Waals surface area contributed by atoms with Gasteiger partial charge in [0.1, 0.15) is 0 Å². The number of pyridine rings is 1. The van der Waals surface area contributed by atoms with Gasteiger partial charge in [0, 0.05) is 49.6 Å². The highest BCUT2D eigenvalue weighted by atomic mass is 16.5. The molecule has 2 unspecified atom stereocenters. The molecule has 2 bridgehead atoms. The standard InChI is InChI=1S/C18H24N4O2/c1-23-6-7-24-13-18-4-2-14(8-18)11-22(12-18)17-20-10-15-9-19-5-3-16(15)21-17/h3,5,9-10,14H,2,4,6-8,11-13H2,1H3. The summed E-state index contributed by atoms with van der Waals surface area (Å²) in [4.78, 5) is 15.8. The Morgan fingerprint density at radius 2 is 2.29 bits per heavy atom. The van der Waals surface area contributed by atoms with E-state index in [9.17, 15) is 0 Å². The van der Waals surface area contributed by atoms with Crippen molar-refractivity contribution in [1.82, 2.24) is 15.0 Å². The zero-order chi connectivity index (χ0) is 16.4. The molecule has 128 valence electrons. The molecule has 6 heteroatoms. The van der Waals surface area contributed by atoms with E-state index in [1.807, 2.05) is 18.5 Å². The van der Waals surface area contributed by atoms with Crippen LogP contribution in [-0.4, -0.2) is 55.0 Å². The van der Waals surface area contributed by atoms with Crippen molar-refractivity contribution in [3.8, 4) is 0 Å².